The molecule has 62 valence electrons. The summed E-state index contributed by atoms with van der Waals surface area (Å²) in [5.74, 6) is -0.0129. The van der Waals surface area contributed by atoms with Crippen LogP contribution in [0.25, 0.3) is 0 Å². The van der Waals surface area contributed by atoms with Gasteiger partial charge in [0.2, 0.25) is 5.91 Å². The van der Waals surface area contributed by atoms with Gasteiger partial charge in [0.1, 0.15) is 0 Å². The van der Waals surface area contributed by atoms with Crippen LogP contribution in [0.15, 0.2) is 0 Å². The third-order valence-corrected chi connectivity index (χ3v) is 3.19. The Morgan fingerprint density at radius 1 is 1.64 bits per heavy atom. The van der Waals surface area contributed by atoms with Gasteiger partial charge in [-0.25, -0.2) is 0 Å². The smallest absolute Gasteiger partial charge is 0.221 e. The van der Waals surface area contributed by atoms with Crippen LogP contribution in [0.1, 0.15) is 20.3 Å². The Bertz CT molecular complexity index is 198. The van der Waals surface area contributed by atoms with Gasteiger partial charge in [0.25, 0.3) is 0 Å². The molecule has 2 N–H and O–H groups in total. The van der Waals surface area contributed by atoms with Crippen molar-refractivity contribution in [1.29, 1.82) is 0 Å². The maximum atomic E-state index is 10.8. The van der Waals surface area contributed by atoms with E-state index in [1.54, 1.807) is 0 Å². The van der Waals surface area contributed by atoms with E-state index in [0.717, 1.165) is 13.0 Å². The number of nitrogens with zero attached hydrogens (tertiary/aromatic N) is 1. The second-order valence-corrected chi connectivity index (χ2v) is 4.16. The molecule has 3 heteroatoms. The quantitative estimate of drug-likeness (QED) is 0.538. The van der Waals surface area contributed by atoms with E-state index in [4.69, 9.17) is 5.73 Å². The van der Waals surface area contributed by atoms with Crippen LogP contribution in [0.5, 0.6) is 0 Å². The first-order valence-electron chi connectivity index (χ1n) is 4.09. The molecule has 2 rings (SSSR count). The summed E-state index contributed by atoms with van der Waals surface area (Å²) < 4.78 is 0. The topological polar surface area (TPSA) is 46.1 Å². The predicted molar refractivity (Wildman–Crippen MR) is 41.9 cm³/mol. The molecule has 2 aliphatic rings. The Kier molecular flexibility index (Phi) is 1.15. The van der Waals surface area contributed by atoms with Crippen molar-refractivity contribution >= 4 is 5.91 Å². The number of rotatable bonds is 1. The molecule has 3 unspecified atom stereocenters. The van der Waals surface area contributed by atoms with Gasteiger partial charge in [-0.3, -0.25) is 9.69 Å². The van der Waals surface area contributed by atoms with Crippen LogP contribution < -0.4 is 5.73 Å². The van der Waals surface area contributed by atoms with Crippen molar-refractivity contribution < 1.29 is 4.79 Å². The molecule has 11 heavy (non-hydrogen) atoms. The third kappa shape index (κ3) is 0.805. The first-order chi connectivity index (χ1) is 5.03. The van der Waals surface area contributed by atoms with Gasteiger partial charge in [0, 0.05) is 18.1 Å². The normalized spacial score (nSPS) is 45.1. The number of fused-ring (bicyclic) bond motifs is 1. The lowest BCUT2D eigenvalue weighted by atomic mass is 9.97. The van der Waals surface area contributed by atoms with E-state index in [-0.39, 0.29) is 11.8 Å². The van der Waals surface area contributed by atoms with Crippen molar-refractivity contribution in [2.45, 2.75) is 31.8 Å². The van der Waals surface area contributed by atoms with E-state index in [0.29, 0.717) is 11.6 Å². The number of hydrogen-bond acceptors (Lipinski definition) is 2. The standard InChI is InChI=1S/C8H14N2O/c1-8(2)6-3-5(7(9)11)4-10(6)8/h5-6H,3-4H2,1-2H3,(H2,9,11). The van der Waals surface area contributed by atoms with E-state index in [1.807, 2.05) is 0 Å². The number of nitrogens with two attached hydrogens (primary N) is 1. The van der Waals surface area contributed by atoms with E-state index in [1.165, 1.54) is 0 Å². The lowest BCUT2D eigenvalue weighted by Gasteiger charge is -2.12. The van der Waals surface area contributed by atoms with Crippen molar-refractivity contribution in [2.24, 2.45) is 11.7 Å². The zero-order valence-electron chi connectivity index (χ0n) is 7.00. The molecule has 2 aliphatic heterocycles. The minimum absolute atomic E-state index is 0.119. The van der Waals surface area contributed by atoms with Gasteiger partial charge < -0.3 is 5.73 Å². The molecular weight excluding hydrogens is 140 g/mol. The van der Waals surface area contributed by atoms with Gasteiger partial charge in [0.05, 0.1) is 5.92 Å². The van der Waals surface area contributed by atoms with Crippen LogP contribution in [-0.2, 0) is 4.79 Å². The zero-order chi connectivity index (χ0) is 8.22. The summed E-state index contributed by atoms with van der Waals surface area (Å²) in [7, 11) is 0. The van der Waals surface area contributed by atoms with Gasteiger partial charge in [-0.1, -0.05) is 0 Å². The van der Waals surface area contributed by atoms with Crippen molar-refractivity contribution in [3.63, 3.8) is 0 Å². The molecular formula is C8H14N2O. The van der Waals surface area contributed by atoms with E-state index in [9.17, 15) is 4.79 Å². The fourth-order valence-electron chi connectivity index (χ4n) is 2.22. The van der Waals surface area contributed by atoms with Gasteiger partial charge >= 0.3 is 0 Å². The van der Waals surface area contributed by atoms with Crippen LogP contribution in [0.2, 0.25) is 0 Å². The Labute approximate surface area is 66.5 Å². The molecule has 0 aromatic rings. The molecule has 1 amide bonds. The molecule has 0 saturated carbocycles. The molecule has 0 bridgehead atoms. The van der Waals surface area contributed by atoms with Crippen LogP contribution in [0, 0.1) is 5.92 Å². The van der Waals surface area contributed by atoms with Crippen molar-refractivity contribution in [3.8, 4) is 0 Å². The van der Waals surface area contributed by atoms with Crippen LogP contribution >= 0.6 is 0 Å². The zero-order valence-corrected chi connectivity index (χ0v) is 7.00. The van der Waals surface area contributed by atoms with Crippen LogP contribution in [0.3, 0.4) is 0 Å². The Morgan fingerprint density at radius 3 is 2.64 bits per heavy atom. The van der Waals surface area contributed by atoms with Crippen LogP contribution in [0.4, 0.5) is 0 Å². The maximum Gasteiger partial charge on any atom is 0.221 e. The first-order valence-corrected chi connectivity index (χ1v) is 4.09. The third-order valence-electron chi connectivity index (χ3n) is 3.19. The summed E-state index contributed by atoms with van der Waals surface area (Å²) in [4.78, 5) is 13.1. The van der Waals surface area contributed by atoms with Gasteiger partial charge in [-0.05, 0) is 20.3 Å². The maximum absolute atomic E-state index is 10.8. The number of piperidine rings is 1. The average molecular weight is 154 g/mol. The highest BCUT2D eigenvalue weighted by atomic mass is 16.1. The molecule has 2 heterocycles. The highest BCUT2D eigenvalue weighted by molar-refractivity contribution is 5.77. The summed E-state index contributed by atoms with van der Waals surface area (Å²) in [5, 5.41) is 0. The first kappa shape index (κ1) is 7.10. The fourth-order valence-corrected chi connectivity index (χ4v) is 2.22. The number of primary amides is 1. The molecule has 0 aromatic heterocycles. The molecule has 0 aliphatic carbocycles. The Balaban J connectivity index is 2.00. The lowest BCUT2D eigenvalue weighted by Crippen LogP contribution is -2.29. The summed E-state index contributed by atoms with van der Waals surface area (Å²) in [5.41, 5.74) is 5.56. The Hall–Kier alpha value is -0.570. The monoisotopic (exact) mass is 154 g/mol. The van der Waals surface area contributed by atoms with Gasteiger partial charge in [-0.2, -0.15) is 0 Å². The van der Waals surface area contributed by atoms with Crippen molar-refractivity contribution in [1.82, 2.24) is 4.90 Å². The molecule has 3 nitrogen and oxygen atoms in total. The SMILES string of the molecule is CC1(C)C2CC(C(N)=O)CN21. The second-order valence-electron chi connectivity index (χ2n) is 4.16. The second kappa shape index (κ2) is 1.78. The fraction of sp³-hybridized carbons (Fsp3) is 0.875. The van der Waals surface area contributed by atoms with E-state index < -0.39 is 0 Å². The summed E-state index contributed by atoms with van der Waals surface area (Å²) in [6, 6.07) is 0.625. The molecule has 2 saturated heterocycles. The van der Waals surface area contributed by atoms with Crippen LogP contribution in [-0.4, -0.2) is 28.9 Å². The summed E-state index contributed by atoms with van der Waals surface area (Å²) >= 11 is 0. The minimum atomic E-state index is -0.131. The summed E-state index contributed by atoms with van der Waals surface area (Å²) in [6.45, 7) is 5.32. The molecule has 0 radical (unpaired) electrons. The average Bonchev–Trinajstić information content (AvgIpc) is 2.28. The number of hydrogen-bond donors (Lipinski definition) is 1. The highest BCUT2D eigenvalue weighted by Gasteiger charge is 2.60. The van der Waals surface area contributed by atoms with Gasteiger partial charge in [0.15, 0.2) is 0 Å². The molecule has 3 atom stereocenters. The number of carbonyl (C=O) groups is 1. The van der Waals surface area contributed by atoms with Crippen molar-refractivity contribution in [3.05, 3.63) is 0 Å². The van der Waals surface area contributed by atoms with E-state index in [2.05, 4.69) is 18.7 Å². The summed E-state index contributed by atoms with van der Waals surface area (Å²) in [6.07, 6.45) is 0.975. The predicted octanol–water partition coefficient (Wildman–Crippen LogP) is -0.0456. The lowest BCUT2D eigenvalue weighted by molar-refractivity contribution is -0.121. The van der Waals surface area contributed by atoms with E-state index >= 15 is 0 Å². The Morgan fingerprint density at radius 2 is 2.27 bits per heavy atom. The van der Waals surface area contributed by atoms with Crippen molar-refractivity contribution in [2.75, 3.05) is 6.54 Å². The molecule has 0 spiro atoms. The number of amides is 1. The highest BCUT2D eigenvalue weighted by Crippen LogP contribution is 2.49. The van der Waals surface area contributed by atoms with Gasteiger partial charge in [-0.15, -0.1) is 0 Å². The largest absolute Gasteiger partial charge is 0.369 e. The number of carbonyl (C=O) groups excluding carboxylic acids is 1. The molecule has 0 aromatic carbocycles. The molecule has 2 fully saturated rings. The minimum Gasteiger partial charge on any atom is -0.369 e.